The van der Waals surface area contributed by atoms with Crippen molar-refractivity contribution in [1.82, 2.24) is 5.32 Å². The number of aryl methyl sites for hydroxylation is 1. The van der Waals surface area contributed by atoms with Crippen LogP contribution in [-0.2, 0) is 6.42 Å². The monoisotopic (exact) mass is 223 g/mol. The Morgan fingerprint density at radius 2 is 1.94 bits per heavy atom. The predicted octanol–water partition coefficient (Wildman–Crippen LogP) is 3.23. The van der Waals surface area contributed by atoms with Crippen LogP contribution in [0.5, 0.6) is 0 Å². The lowest BCUT2D eigenvalue weighted by Crippen LogP contribution is -2.30. The summed E-state index contributed by atoms with van der Waals surface area (Å²) < 4.78 is 0. The lowest BCUT2D eigenvalue weighted by Gasteiger charge is -2.27. The number of hydrogen-bond donors (Lipinski definition) is 1. The molecule has 0 saturated carbocycles. The summed E-state index contributed by atoms with van der Waals surface area (Å²) in [6.07, 6.45) is 1.14. The van der Waals surface area contributed by atoms with Crippen LogP contribution in [0.15, 0.2) is 48.5 Å². The summed E-state index contributed by atoms with van der Waals surface area (Å²) in [7, 11) is 0. The first-order valence-corrected chi connectivity index (χ1v) is 6.22. The molecule has 17 heavy (non-hydrogen) atoms. The second-order valence-electron chi connectivity index (χ2n) is 4.75. The summed E-state index contributed by atoms with van der Waals surface area (Å²) in [6.45, 7) is 3.22. The molecule has 0 aromatic heterocycles. The molecular formula is C16H17N. The number of hydrogen-bond acceptors (Lipinski definition) is 1. The van der Waals surface area contributed by atoms with Crippen molar-refractivity contribution < 1.29 is 0 Å². The minimum absolute atomic E-state index is 0.361. The van der Waals surface area contributed by atoms with Crippen molar-refractivity contribution in [2.45, 2.75) is 19.4 Å². The van der Waals surface area contributed by atoms with E-state index < -0.39 is 0 Å². The maximum atomic E-state index is 3.62. The standard InChI is InChI=1S/C16H17N/c1-12-5-4-7-14(11-12)16-15-8-3-2-6-13(15)9-10-17-16/h2-8,11,16-17H,9-10H2,1H3/t16-/m0/s1. The van der Waals surface area contributed by atoms with E-state index in [1.54, 1.807) is 0 Å². The zero-order valence-corrected chi connectivity index (χ0v) is 10.1. The molecule has 3 rings (SSSR count). The zero-order chi connectivity index (χ0) is 11.7. The summed E-state index contributed by atoms with van der Waals surface area (Å²) in [4.78, 5) is 0. The minimum atomic E-state index is 0.361. The summed E-state index contributed by atoms with van der Waals surface area (Å²) in [5.74, 6) is 0. The van der Waals surface area contributed by atoms with Crippen LogP contribution in [0.1, 0.15) is 28.3 Å². The summed E-state index contributed by atoms with van der Waals surface area (Å²) >= 11 is 0. The van der Waals surface area contributed by atoms with E-state index >= 15 is 0 Å². The molecule has 1 N–H and O–H groups in total. The molecular weight excluding hydrogens is 206 g/mol. The normalized spacial score (nSPS) is 18.8. The number of rotatable bonds is 1. The molecule has 1 aliphatic rings. The third kappa shape index (κ3) is 1.98. The molecule has 1 heteroatoms. The van der Waals surface area contributed by atoms with Gasteiger partial charge in [-0.3, -0.25) is 0 Å². The lowest BCUT2D eigenvalue weighted by atomic mass is 9.89. The molecule has 2 aromatic carbocycles. The topological polar surface area (TPSA) is 12.0 Å². The van der Waals surface area contributed by atoms with Gasteiger partial charge in [0.15, 0.2) is 0 Å². The molecule has 1 aliphatic heterocycles. The molecule has 2 aromatic rings. The van der Waals surface area contributed by atoms with Gasteiger partial charge in [-0.2, -0.15) is 0 Å². The van der Waals surface area contributed by atoms with E-state index in [4.69, 9.17) is 0 Å². The molecule has 1 heterocycles. The zero-order valence-electron chi connectivity index (χ0n) is 10.1. The average Bonchev–Trinajstić information content (AvgIpc) is 2.38. The molecule has 0 bridgehead atoms. The van der Waals surface area contributed by atoms with Gasteiger partial charge in [-0.1, -0.05) is 54.1 Å². The molecule has 0 saturated heterocycles. The summed E-state index contributed by atoms with van der Waals surface area (Å²) in [5.41, 5.74) is 5.62. The van der Waals surface area contributed by atoms with Crippen molar-refractivity contribution in [3.05, 3.63) is 70.8 Å². The van der Waals surface area contributed by atoms with Crippen LogP contribution in [0.2, 0.25) is 0 Å². The van der Waals surface area contributed by atoms with E-state index in [0.717, 1.165) is 13.0 Å². The highest BCUT2D eigenvalue weighted by molar-refractivity contribution is 5.40. The molecule has 0 radical (unpaired) electrons. The number of benzene rings is 2. The first-order chi connectivity index (χ1) is 8.34. The van der Waals surface area contributed by atoms with Gasteiger partial charge < -0.3 is 5.32 Å². The molecule has 1 nitrogen and oxygen atoms in total. The third-order valence-electron chi connectivity index (χ3n) is 3.48. The Kier molecular flexibility index (Phi) is 2.69. The van der Waals surface area contributed by atoms with Gasteiger partial charge in [-0.05, 0) is 30.0 Å². The Hall–Kier alpha value is -1.60. The quantitative estimate of drug-likeness (QED) is 0.782. The molecule has 0 aliphatic carbocycles. The van der Waals surface area contributed by atoms with E-state index in [1.165, 1.54) is 22.3 Å². The molecule has 0 amide bonds. The van der Waals surface area contributed by atoms with Crippen LogP contribution < -0.4 is 5.32 Å². The van der Waals surface area contributed by atoms with E-state index in [-0.39, 0.29) is 0 Å². The van der Waals surface area contributed by atoms with E-state index in [2.05, 4.69) is 60.8 Å². The fourth-order valence-electron chi connectivity index (χ4n) is 2.65. The largest absolute Gasteiger partial charge is 0.306 e. The van der Waals surface area contributed by atoms with Gasteiger partial charge in [0.25, 0.3) is 0 Å². The highest BCUT2D eigenvalue weighted by Crippen LogP contribution is 2.28. The molecule has 86 valence electrons. The first kappa shape index (κ1) is 10.5. The SMILES string of the molecule is Cc1cccc([C@@H]2NCCc3ccccc32)c1. The highest BCUT2D eigenvalue weighted by Gasteiger charge is 2.20. The van der Waals surface area contributed by atoms with Gasteiger partial charge in [0.05, 0.1) is 6.04 Å². The van der Waals surface area contributed by atoms with Crippen molar-refractivity contribution >= 4 is 0 Å². The lowest BCUT2D eigenvalue weighted by molar-refractivity contribution is 0.567. The molecule has 0 spiro atoms. The Morgan fingerprint density at radius 1 is 1.06 bits per heavy atom. The van der Waals surface area contributed by atoms with Crippen LogP contribution in [0.4, 0.5) is 0 Å². The fourth-order valence-corrected chi connectivity index (χ4v) is 2.65. The molecule has 0 fully saturated rings. The van der Waals surface area contributed by atoms with Crippen molar-refractivity contribution in [3.8, 4) is 0 Å². The summed E-state index contributed by atoms with van der Waals surface area (Å²) in [5, 5.41) is 3.62. The van der Waals surface area contributed by atoms with E-state index in [9.17, 15) is 0 Å². The Morgan fingerprint density at radius 3 is 2.82 bits per heavy atom. The van der Waals surface area contributed by atoms with Gasteiger partial charge in [0.1, 0.15) is 0 Å². The van der Waals surface area contributed by atoms with Crippen LogP contribution in [0, 0.1) is 6.92 Å². The summed E-state index contributed by atoms with van der Waals surface area (Å²) in [6, 6.07) is 17.9. The minimum Gasteiger partial charge on any atom is -0.306 e. The van der Waals surface area contributed by atoms with Gasteiger partial charge >= 0.3 is 0 Å². The van der Waals surface area contributed by atoms with Gasteiger partial charge in [0, 0.05) is 6.54 Å². The predicted molar refractivity (Wildman–Crippen MR) is 71.2 cm³/mol. The third-order valence-corrected chi connectivity index (χ3v) is 3.48. The van der Waals surface area contributed by atoms with Crippen LogP contribution in [-0.4, -0.2) is 6.54 Å². The number of fused-ring (bicyclic) bond motifs is 1. The van der Waals surface area contributed by atoms with Crippen molar-refractivity contribution in [2.24, 2.45) is 0 Å². The van der Waals surface area contributed by atoms with Crippen LogP contribution in [0.3, 0.4) is 0 Å². The van der Waals surface area contributed by atoms with E-state index in [0.29, 0.717) is 6.04 Å². The van der Waals surface area contributed by atoms with Gasteiger partial charge in [-0.25, -0.2) is 0 Å². The Labute approximate surface area is 102 Å². The molecule has 0 unspecified atom stereocenters. The van der Waals surface area contributed by atoms with Crippen LogP contribution in [0.25, 0.3) is 0 Å². The fraction of sp³-hybridized carbons (Fsp3) is 0.250. The van der Waals surface area contributed by atoms with Gasteiger partial charge in [0.2, 0.25) is 0 Å². The maximum Gasteiger partial charge on any atom is 0.0579 e. The maximum absolute atomic E-state index is 3.62. The van der Waals surface area contributed by atoms with Crippen molar-refractivity contribution in [2.75, 3.05) is 6.54 Å². The second-order valence-corrected chi connectivity index (χ2v) is 4.75. The average molecular weight is 223 g/mol. The van der Waals surface area contributed by atoms with Crippen molar-refractivity contribution in [3.63, 3.8) is 0 Å². The van der Waals surface area contributed by atoms with Crippen LogP contribution >= 0.6 is 0 Å². The first-order valence-electron chi connectivity index (χ1n) is 6.22. The second kappa shape index (κ2) is 4.34. The van der Waals surface area contributed by atoms with E-state index in [1.807, 2.05) is 0 Å². The number of nitrogens with one attached hydrogen (secondary N) is 1. The Balaban J connectivity index is 2.06. The smallest absolute Gasteiger partial charge is 0.0579 e. The Bertz CT molecular complexity index is 531. The van der Waals surface area contributed by atoms with Gasteiger partial charge in [-0.15, -0.1) is 0 Å². The van der Waals surface area contributed by atoms with Crippen molar-refractivity contribution in [1.29, 1.82) is 0 Å². The molecule has 1 atom stereocenters. The highest BCUT2D eigenvalue weighted by atomic mass is 14.9.